The monoisotopic (exact) mass is 242 g/mol. The van der Waals surface area contributed by atoms with Gasteiger partial charge in [0.25, 0.3) is 0 Å². The number of hydrogen-bond donors (Lipinski definition) is 1. The molecule has 0 bridgehead atoms. The summed E-state index contributed by atoms with van der Waals surface area (Å²) >= 11 is 0. The lowest BCUT2D eigenvalue weighted by atomic mass is 9.93. The molecule has 0 fully saturated rings. The molecular formula is C13H26N2O2. The summed E-state index contributed by atoms with van der Waals surface area (Å²) < 4.78 is 4.62. The third-order valence-corrected chi connectivity index (χ3v) is 2.41. The fraction of sp³-hybridized carbons (Fsp3) is 0.769. The van der Waals surface area contributed by atoms with Crippen LogP contribution in [0.4, 0.5) is 0 Å². The molecule has 0 amide bonds. The number of nitrogens with zero attached hydrogens (tertiary/aromatic N) is 1. The van der Waals surface area contributed by atoms with Crippen LogP contribution in [0.2, 0.25) is 0 Å². The van der Waals surface area contributed by atoms with E-state index in [9.17, 15) is 4.79 Å². The Morgan fingerprint density at radius 1 is 1.41 bits per heavy atom. The summed E-state index contributed by atoms with van der Waals surface area (Å²) in [4.78, 5) is 13.3. The van der Waals surface area contributed by atoms with Gasteiger partial charge in [-0.1, -0.05) is 19.9 Å². The third kappa shape index (κ3) is 7.94. The fourth-order valence-electron chi connectivity index (χ4n) is 1.79. The lowest BCUT2D eigenvalue weighted by Crippen LogP contribution is -2.37. The van der Waals surface area contributed by atoms with Gasteiger partial charge in [0.15, 0.2) is 0 Å². The Labute approximate surface area is 105 Å². The standard InChI is InChI=1S/C13H26N2O2/c1-11(12(16)17-6)7-8-14-9-13(2,3)10-15(4)5/h7,14H,8-10H2,1-6H3. The minimum absolute atomic E-state index is 0.219. The second-order valence-electron chi connectivity index (χ2n) is 5.41. The molecule has 0 aliphatic rings. The molecule has 0 aromatic heterocycles. The van der Waals surface area contributed by atoms with Gasteiger partial charge in [-0.25, -0.2) is 4.79 Å². The molecule has 100 valence electrons. The molecule has 0 radical (unpaired) electrons. The van der Waals surface area contributed by atoms with Gasteiger partial charge in [-0.05, 0) is 26.4 Å². The molecule has 4 nitrogen and oxygen atoms in total. The highest BCUT2D eigenvalue weighted by Crippen LogP contribution is 2.13. The molecule has 0 aliphatic heterocycles. The van der Waals surface area contributed by atoms with Gasteiger partial charge in [-0.15, -0.1) is 0 Å². The molecular weight excluding hydrogens is 216 g/mol. The Hall–Kier alpha value is -0.870. The average Bonchev–Trinajstić information content (AvgIpc) is 2.21. The summed E-state index contributed by atoms with van der Waals surface area (Å²) in [6.45, 7) is 8.83. The predicted octanol–water partition coefficient (Wildman–Crippen LogP) is 1.28. The van der Waals surface area contributed by atoms with Crippen molar-refractivity contribution in [2.45, 2.75) is 20.8 Å². The van der Waals surface area contributed by atoms with Crippen molar-refractivity contribution < 1.29 is 9.53 Å². The van der Waals surface area contributed by atoms with Crippen LogP contribution in [0.3, 0.4) is 0 Å². The first kappa shape index (κ1) is 16.1. The lowest BCUT2D eigenvalue weighted by Gasteiger charge is -2.28. The molecule has 0 heterocycles. The number of methoxy groups -OCH3 is 1. The van der Waals surface area contributed by atoms with Crippen LogP contribution >= 0.6 is 0 Å². The highest BCUT2D eigenvalue weighted by atomic mass is 16.5. The van der Waals surface area contributed by atoms with Crippen molar-refractivity contribution in [2.75, 3.05) is 40.8 Å². The van der Waals surface area contributed by atoms with E-state index in [4.69, 9.17) is 0 Å². The first-order chi connectivity index (χ1) is 7.78. The topological polar surface area (TPSA) is 41.6 Å². The first-order valence-electron chi connectivity index (χ1n) is 5.89. The SMILES string of the molecule is COC(=O)C(C)=CCNCC(C)(C)CN(C)C. The summed E-state index contributed by atoms with van der Waals surface area (Å²) in [7, 11) is 5.54. The summed E-state index contributed by atoms with van der Waals surface area (Å²) in [5, 5.41) is 3.33. The number of nitrogens with one attached hydrogen (secondary N) is 1. The Kier molecular flexibility index (Phi) is 7.07. The van der Waals surface area contributed by atoms with Gasteiger partial charge >= 0.3 is 5.97 Å². The Bertz CT molecular complexity index is 271. The second kappa shape index (κ2) is 7.45. The Balaban J connectivity index is 3.95. The van der Waals surface area contributed by atoms with Crippen molar-refractivity contribution >= 4 is 5.97 Å². The molecule has 0 aliphatic carbocycles. The number of carbonyl (C=O) groups is 1. The molecule has 0 aromatic rings. The molecule has 4 heteroatoms. The first-order valence-corrected chi connectivity index (χ1v) is 5.89. The maximum atomic E-state index is 11.1. The van der Waals surface area contributed by atoms with E-state index in [1.807, 2.05) is 6.08 Å². The number of esters is 1. The van der Waals surface area contributed by atoms with Gasteiger partial charge in [0, 0.05) is 25.2 Å². The average molecular weight is 242 g/mol. The number of rotatable bonds is 7. The van der Waals surface area contributed by atoms with Crippen molar-refractivity contribution in [1.29, 1.82) is 0 Å². The Morgan fingerprint density at radius 3 is 2.47 bits per heavy atom. The summed E-state index contributed by atoms with van der Waals surface area (Å²) in [5.41, 5.74) is 0.863. The normalized spacial score (nSPS) is 13.0. The van der Waals surface area contributed by atoms with Crippen LogP contribution in [-0.2, 0) is 9.53 Å². The van der Waals surface area contributed by atoms with Gasteiger partial charge < -0.3 is 15.0 Å². The van der Waals surface area contributed by atoms with Gasteiger partial charge in [0.05, 0.1) is 7.11 Å². The maximum Gasteiger partial charge on any atom is 0.333 e. The highest BCUT2D eigenvalue weighted by molar-refractivity contribution is 5.87. The number of hydrogen-bond acceptors (Lipinski definition) is 4. The van der Waals surface area contributed by atoms with E-state index in [-0.39, 0.29) is 11.4 Å². The van der Waals surface area contributed by atoms with Gasteiger partial charge in [0.1, 0.15) is 0 Å². The van der Waals surface area contributed by atoms with E-state index in [0.29, 0.717) is 12.1 Å². The van der Waals surface area contributed by atoms with Crippen molar-refractivity contribution in [3.05, 3.63) is 11.6 Å². The Morgan fingerprint density at radius 2 is 2.00 bits per heavy atom. The number of ether oxygens (including phenoxy) is 1. The lowest BCUT2D eigenvalue weighted by molar-refractivity contribution is -0.136. The van der Waals surface area contributed by atoms with Crippen molar-refractivity contribution in [3.8, 4) is 0 Å². The van der Waals surface area contributed by atoms with E-state index in [1.165, 1.54) is 7.11 Å². The van der Waals surface area contributed by atoms with Gasteiger partial charge in [-0.3, -0.25) is 0 Å². The van der Waals surface area contributed by atoms with E-state index in [0.717, 1.165) is 13.1 Å². The smallest absolute Gasteiger partial charge is 0.333 e. The molecule has 0 atom stereocenters. The minimum atomic E-state index is -0.264. The number of carbonyl (C=O) groups excluding carboxylic acids is 1. The zero-order valence-corrected chi connectivity index (χ0v) is 12.0. The maximum absolute atomic E-state index is 11.1. The van der Waals surface area contributed by atoms with Crippen LogP contribution < -0.4 is 5.32 Å². The molecule has 0 rings (SSSR count). The van der Waals surface area contributed by atoms with E-state index < -0.39 is 0 Å². The second-order valence-corrected chi connectivity index (χ2v) is 5.41. The summed E-state index contributed by atoms with van der Waals surface area (Å²) in [6.07, 6.45) is 1.86. The quantitative estimate of drug-likeness (QED) is 0.415. The van der Waals surface area contributed by atoms with Crippen LogP contribution in [0, 0.1) is 5.41 Å². The fourth-order valence-corrected chi connectivity index (χ4v) is 1.79. The minimum Gasteiger partial charge on any atom is -0.466 e. The molecule has 0 saturated carbocycles. The van der Waals surface area contributed by atoms with Crippen LogP contribution in [0.1, 0.15) is 20.8 Å². The molecule has 1 N–H and O–H groups in total. The van der Waals surface area contributed by atoms with Crippen LogP contribution in [0.25, 0.3) is 0 Å². The molecule has 0 saturated heterocycles. The van der Waals surface area contributed by atoms with Crippen molar-refractivity contribution in [3.63, 3.8) is 0 Å². The molecule has 0 aromatic carbocycles. The van der Waals surface area contributed by atoms with Crippen LogP contribution in [0.5, 0.6) is 0 Å². The largest absolute Gasteiger partial charge is 0.466 e. The molecule has 0 unspecified atom stereocenters. The van der Waals surface area contributed by atoms with Crippen molar-refractivity contribution in [2.24, 2.45) is 5.41 Å². The predicted molar refractivity (Wildman–Crippen MR) is 71.0 cm³/mol. The van der Waals surface area contributed by atoms with Gasteiger partial charge in [0.2, 0.25) is 0 Å². The van der Waals surface area contributed by atoms with E-state index >= 15 is 0 Å². The third-order valence-electron chi connectivity index (χ3n) is 2.41. The van der Waals surface area contributed by atoms with Crippen molar-refractivity contribution in [1.82, 2.24) is 10.2 Å². The zero-order chi connectivity index (χ0) is 13.5. The van der Waals surface area contributed by atoms with E-state index in [1.54, 1.807) is 6.92 Å². The summed E-state index contributed by atoms with van der Waals surface area (Å²) in [6, 6.07) is 0. The van der Waals surface area contributed by atoms with Crippen LogP contribution in [0.15, 0.2) is 11.6 Å². The highest BCUT2D eigenvalue weighted by Gasteiger charge is 2.17. The zero-order valence-electron chi connectivity index (χ0n) is 12.0. The molecule has 0 spiro atoms. The van der Waals surface area contributed by atoms with E-state index in [2.05, 4.69) is 42.9 Å². The van der Waals surface area contributed by atoms with Gasteiger partial charge in [-0.2, -0.15) is 0 Å². The molecule has 17 heavy (non-hydrogen) atoms. The van der Waals surface area contributed by atoms with Crippen LogP contribution in [-0.4, -0.2) is 51.7 Å². The summed E-state index contributed by atoms with van der Waals surface area (Å²) in [5.74, 6) is -0.264.